The Bertz CT molecular complexity index is 537. The van der Waals surface area contributed by atoms with Crippen molar-refractivity contribution >= 4 is 17.7 Å². The number of ketones is 1. The van der Waals surface area contributed by atoms with Gasteiger partial charge in [0.05, 0.1) is 19.1 Å². The van der Waals surface area contributed by atoms with Crippen LogP contribution < -0.4 is 0 Å². The molecule has 1 unspecified atom stereocenters. The number of hydrogen-bond acceptors (Lipinski definition) is 4. The molecule has 20 heavy (non-hydrogen) atoms. The van der Waals surface area contributed by atoms with Gasteiger partial charge in [-0.15, -0.1) is 0 Å². The molecule has 0 aliphatic carbocycles. The molecule has 1 atom stereocenters. The van der Waals surface area contributed by atoms with Crippen molar-refractivity contribution in [3.8, 4) is 0 Å². The van der Waals surface area contributed by atoms with Gasteiger partial charge in [0.15, 0.2) is 5.78 Å². The summed E-state index contributed by atoms with van der Waals surface area (Å²) in [5.41, 5.74) is 0.773. The summed E-state index contributed by atoms with van der Waals surface area (Å²) in [5, 5.41) is 8.74. The molecular formula is C13H16N2O5. The van der Waals surface area contributed by atoms with E-state index in [1.807, 2.05) is 0 Å². The van der Waals surface area contributed by atoms with Gasteiger partial charge < -0.3 is 19.7 Å². The molecule has 1 aliphatic rings. The van der Waals surface area contributed by atoms with E-state index in [4.69, 9.17) is 9.84 Å². The van der Waals surface area contributed by atoms with E-state index < -0.39 is 12.1 Å². The van der Waals surface area contributed by atoms with Gasteiger partial charge in [0.1, 0.15) is 5.69 Å². The van der Waals surface area contributed by atoms with Crippen molar-refractivity contribution in [2.75, 3.05) is 19.7 Å². The van der Waals surface area contributed by atoms with Crippen LogP contribution in [0.3, 0.4) is 0 Å². The molecule has 0 aromatic carbocycles. The lowest BCUT2D eigenvalue weighted by molar-refractivity contribution is -0.141. The zero-order valence-electron chi connectivity index (χ0n) is 11.1. The van der Waals surface area contributed by atoms with E-state index in [9.17, 15) is 14.4 Å². The lowest BCUT2D eigenvalue weighted by atomic mass is 10.2. The summed E-state index contributed by atoms with van der Waals surface area (Å²) < 4.78 is 5.31. The monoisotopic (exact) mass is 280 g/mol. The van der Waals surface area contributed by atoms with Crippen LogP contribution in [0.5, 0.6) is 0 Å². The number of carbonyl (C=O) groups is 3. The van der Waals surface area contributed by atoms with E-state index in [-0.39, 0.29) is 24.7 Å². The van der Waals surface area contributed by atoms with E-state index in [0.29, 0.717) is 24.4 Å². The van der Waals surface area contributed by atoms with Crippen molar-refractivity contribution in [3.05, 3.63) is 23.5 Å². The first-order valence-corrected chi connectivity index (χ1v) is 6.29. The molecule has 0 saturated carbocycles. The predicted molar refractivity (Wildman–Crippen MR) is 68.7 cm³/mol. The molecule has 2 heterocycles. The molecule has 1 aromatic rings. The van der Waals surface area contributed by atoms with E-state index in [1.54, 1.807) is 0 Å². The molecule has 0 bridgehead atoms. The predicted octanol–water partition coefficient (Wildman–Crippen LogP) is 0.533. The zero-order chi connectivity index (χ0) is 14.7. The first-order valence-electron chi connectivity index (χ1n) is 6.29. The molecular weight excluding hydrogens is 264 g/mol. The summed E-state index contributed by atoms with van der Waals surface area (Å²) in [5.74, 6) is -1.33. The maximum absolute atomic E-state index is 12.2. The van der Waals surface area contributed by atoms with Crippen molar-refractivity contribution in [2.24, 2.45) is 0 Å². The molecule has 0 spiro atoms. The molecule has 0 radical (unpaired) electrons. The first kappa shape index (κ1) is 14.3. The number of morpholine rings is 1. The van der Waals surface area contributed by atoms with Crippen LogP contribution in [-0.2, 0) is 9.53 Å². The molecule has 2 rings (SSSR count). The number of carboxylic acid groups (broad SMARTS) is 1. The number of H-pyrrole nitrogens is 1. The largest absolute Gasteiger partial charge is 0.481 e. The fourth-order valence-electron chi connectivity index (χ4n) is 2.11. The Morgan fingerprint density at radius 1 is 1.50 bits per heavy atom. The van der Waals surface area contributed by atoms with Crippen LogP contribution >= 0.6 is 0 Å². The van der Waals surface area contributed by atoms with Crippen LogP contribution in [0, 0.1) is 0 Å². The maximum atomic E-state index is 12.2. The van der Waals surface area contributed by atoms with Crippen LogP contribution in [0.2, 0.25) is 0 Å². The number of nitrogens with one attached hydrogen (secondary N) is 1. The molecule has 7 nitrogen and oxygen atoms in total. The lowest BCUT2D eigenvalue weighted by Gasteiger charge is -2.32. The van der Waals surface area contributed by atoms with E-state index in [0.717, 1.165) is 0 Å². The topological polar surface area (TPSA) is 99.7 Å². The first-order chi connectivity index (χ1) is 9.47. The van der Waals surface area contributed by atoms with Gasteiger partial charge in [-0.2, -0.15) is 0 Å². The van der Waals surface area contributed by atoms with Gasteiger partial charge in [0, 0.05) is 24.8 Å². The van der Waals surface area contributed by atoms with Gasteiger partial charge in [0.25, 0.3) is 5.91 Å². The number of hydrogen-bond donors (Lipinski definition) is 2. The summed E-state index contributed by atoms with van der Waals surface area (Å²) in [6.45, 7) is 2.38. The zero-order valence-corrected chi connectivity index (χ0v) is 11.1. The molecule has 1 aliphatic heterocycles. The van der Waals surface area contributed by atoms with Crippen LogP contribution in [0.1, 0.15) is 34.2 Å². The van der Waals surface area contributed by atoms with E-state index >= 15 is 0 Å². The van der Waals surface area contributed by atoms with Gasteiger partial charge in [-0.05, 0) is 13.0 Å². The van der Waals surface area contributed by atoms with E-state index in [2.05, 4.69) is 4.98 Å². The number of nitrogens with zero attached hydrogens (tertiary/aromatic N) is 1. The summed E-state index contributed by atoms with van der Waals surface area (Å²) in [6.07, 6.45) is 0.866. The number of aromatic nitrogens is 1. The Hall–Kier alpha value is -2.15. The second-order valence-electron chi connectivity index (χ2n) is 4.70. The maximum Gasteiger partial charge on any atom is 0.306 e. The van der Waals surface area contributed by atoms with Gasteiger partial charge >= 0.3 is 5.97 Å². The quantitative estimate of drug-likeness (QED) is 0.784. The number of Topliss-reactive ketones (excluding diaryl/α,β-unsaturated/α-hetero) is 1. The third-order valence-corrected chi connectivity index (χ3v) is 3.15. The minimum Gasteiger partial charge on any atom is -0.481 e. The van der Waals surface area contributed by atoms with Gasteiger partial charge in [-0.1, -0.05) is 0 Å². The Morgan fingerprint density at radius 3 is 2.85 bits per heavy atom. The van der Waals surface area contributed by atoms with Gasteiger partial charge in [-0.25, -0.2) is 0 Å². The van der Waals surface area contributed by atoms with E-state index in [1.165, 1.54) is 24.1 Å². The van der Waals surface area contributed by atoms with Crippen LogP contribution in [0.25, 0.3) is 0 Å². The number of ether oxygens (including phenoxy) is 1. The molecule has 108 valence electrons. The fraction of sp³-hybridized carbons (Fsp3) is 0.462. The molecule has 1 saturated heterocycles. The molecule has 1 amide bonds. The number of aromatic amines is 1. The minimum absolute atomic E-state index is 0.119. The fourth-order valence-corrected chi connectivity index (χ4v) is 2.11. The number of amides is 1. The molecule has 1 aromatic heterocycles. The summed E-state index contributed by atoms with van der Waals surface area (Å²) >= 11 is 0. The van der Waals surface area contributed by atoms with Gasteiger partial charge in [0.2, 0.25) is 0 Å². The number of rotatable bonds is 4. The lowest BCUT2D eigenvalue weighted by Crippen LogP contribution is -2.46. The highest BCUT2D eigenvalue weighted by Gasteiger charge is 2.27. The van der Waals surface area contributed by atoms with Crippen LogP contribution in [0.15, 0.2) is 12.3 Å². The Balaban J connectivity index is 2.04. The summed E-state index contributed by atoms with van der Waals surface area (Å²) in [7, 11) is 0. The molecule has 7 heteroatoms. The number of carboxylic acids is 1. The normalized spacial score (nSPS) is 18.9. The second-order valence-corrected chi connectivity index (χ2v) is 4.70. The van der Waals surface area contributed by atoms with Crippen LogP contribution in [-0.4, -0.2) is 58.5 Å². The second kappa shape index (κ2) is 5.87. The Morgan fingerprint density at radius 2 is 2.25 bits per heavy atom. The highest BCUT2D eigenvalue weighted by atomic mass is 16.5. The summed E-state index contributed by atoms with van der Waals surface area (Å²) in [4.78, 5) is 38.4. The van der Waals surface area contributed by atoms with Crippen molar-refractivity contribution in [2.45, 2.75) is 19.4 Å². The van der Waals surface area contributed by atoms with Crippen molar-refractivity contribution < 1.29 is 24.2 Å². The van der Waals surface area contributed by atoms with Crippen molar-refractivity contribution in [1.29, 1.82) is 0 Å². The van der Waals surface area contributed by atoms with Crippen molar-refractivity contribution in [3.63, 3.8) is 0 Å². The number of carbonyl (C=O) groups excluding carboxylic acids is 2. The average molecular weight is 280 g/mol. The Kier molecular flexibility index (Phi) is 4.19. The van der Waals surface area contributed by atoms with Crippen LogP contribution in [0.4, 0.5) is 0 Å². The third kappa shape index (κ3) is 3.24. The average Bonchev–Trinajstić information content (AvgIpc) is 2.87. The summed E-state index contributed by atoms with van der Waals surface area (Å²) in [6, 6.07) is 1.51. The number of aliphatic carboxylic acids is 1. The molecule has 1 fully saturated rings. The Labute approximate surface area is 115 Å². The van der Waals surface area contributed by atoms with Crippen molar-refractivity contribution in [1.82, 2.24) is 9.88 Å². The third-order valence-electron chi connectivity index (χ3n) is 3.15. The highest BCUT2D eigenvalue weighted by Crippen LogP contribution is 2.13. The SMILES string of the molecule is CC(=O)c1c[nH]c(C(=O)N2CCOC(CC(=O)O)C2)c1. The highest BCUT2D eigenvalue weighted by molar-refractivity contribution is 5.99. The minimum atomic E-state index is -0.956. The smallest absolute Gasteiger partial charge is 0.306 e. The molecule has 2 N–H and O–H groups in total. The standard InChI is InChI=1S/C13H16N2O5/c1-8(16)9-4-11(14-6-9)13(19)15-2-3-20-10(7-15)5-12(17)18/h4,6,10,14H,2-3,5,7H2,1H3,(H,17,18). The van der Waals surface area contributed by atoms with Gasteiger partial charge in [-0.3, -0.25) is 14.4 Å².